The number of morpholine rings is 1. The van der Waals surface area contributed by atoms with Gasteiger partial charge < -0.3 is 9.64 Å². The third-order valence-corrected chi connectivity index (χ3v) is 2.64. The van der Waals surface area contributed by atoms with Crippen molar-refractivity contribution in [2.24, 2.45) is 0 Å². The van der Waals surface area contributed by atoms with Crippen molar-refractivity contribution < 1.29 is 4.74 Å². The quantitative estimate of drug-likeness (QED) is 0.716. The summed E-state index contributed by atoms with van der Waals surface area (Å²) < 4.78 is 5.67. The number of aromatic nitrogens is 1. The summed E-state index contributed by atoms with van der Waals surface area (Å²) in [4.78, 5) is 6.21. The second-order valence-corrected chi connectivity index (χ2v) is 4.17. The van der Waals surface area contributed by atoms with Crippen LogP contribution in [0, 0.1) is 11.3 Å². The summed E-state index contributed by atoms with van der Waals surface area (Å²) in [7, 11) is 0. The number of nitriles is 1. The molecule has 4 heteroatoms. The summed E-state index contributed by atoms with van der Waals surface area (Å²) in [6, 6.07) is 5.82. The maximum absolute atomic E-state index is 8.81. The van der Waals surface area contributed by atoms with Gasteiger partial charge in [0.1, 0.15) is 11.8 Å². The van der Waals surface area contributed by atoms with Crippen molar-refractivity contribution in [1.29, 1.82) is 5.26 Å². The fourth-order valence-corrected chi connectivity index (χ4v) is 2.07. The lowest BCUT2D eigenvalue weighted by Crippen LogP contribution is -2.45. The Morgan fingerprint density at radius 1 is 1.44 bits per heavy atom. The molecule has 16 heavy (non-hydrogen) atoms. The van der Waals surface area contributed by atoms with Gasteiger partial charge in [0.25, 0.3) is 0 Å². The number of ether oxygens (including phenoxy) is 1. The lowest BCUT2D eigenvalue weighted by atomic mass is 10.2. The van der Waals surface area contributed by atoms with E-state index >= 15 is 0 Å². The molecule has 0 amide bonds. The summed E-state index contributed by atoms with van der Waals surface area (Å²) in [6.45, 7) is 5.85. The first-order chi connectivity index (χ1) is 7.69. The summed E-state index contributed by atoms with van der Waals surface area (Å²) in [5.41, 5.74) is 1.51. The van der Waals surface area contributed by atoms with Crippen LogP contribution in [0.1, 0.15) is 19.5 Å². The summed E-state index contributed by atoms with van der Waals surface area (Å²) in [5, 5.41) is 8.81. The Bertz CT molecular complexity index is 403. The number of hydrogen-bond donors (Lipinski definition) is 0. The van der Waals surface area contributed by atoms with Crippen LogP contribution in [0.4, 0.5) is 5.69 Å². The normalized spacial score (nSPS) is 25.2. The fraction of sp³-hybridized carbons (Fsp3) is 0.500. The number of rotatable bonds is 1. The lowest BCUT2D eigenvalue weighted by molar-refractivity contribution is -0.00522. The minimum Gasteiger partial charge on any atom is -0.372 e. The minimum absolute atomic E-state index is 0.224. The van der Waals surface area contributed by atoms with Crippen LogP contribution in [0.5, 0.6) is 0 Å². The Kier molecular flexibility index (Phi) is 3.07. The molecule has 1 aliphatic heterocycles. The molecule has 0 N–H and O–H groups in total. The Labute approximate surface area is 95.5 Å². The van der Waals surface area contributed by atoms with E-state index in [2.05, 4.69) is 29.8 Å². The monoisotopic (exact) mass is 217 g/mol. The molecular formula is C12H15N3O. The molecule has 0 aliphatic carbocycles. The van der Waals surface area contributed by atoms with E-state index in [1.807, 2.05) is 12.1 Å². The number of nitrogens with zero attached hydrogens (tertiary/aromatic N) is 3. The van der Waals surface area contributed by atoms with Crippen molar-refractivity contribution in [2.45, 2.75) is 26.1 Å². The van der Waals surface area contributed by atoms with E-state index in [-0.39, 0.29) is 12.2 Å². The number of pyridine rings is 1. The Morgan fingerprint density at radius 3 is 2.75 bits per heavy atom. The Balaban J connectivity index is 2.20. The summed E-state index contributed by atoms with van der Waals surface area (Å²) >= 11 is 0. The predicted molar refractivity (Wildman–Crippen MR) is 61.2 cm³/mol. The van der Waals surface area contributed by atoms with Gasteiger partial charge in [-0.3, -0.25) is 0 Å². The van der Waals surface area contributed by atoms with E-state index < -0.39 is 0 Å². The first-order valence-corrected chi connectivity index (χ1v) is 5.45. The van der Waals surface area contributed by atoms with Gasteiger partial charge in [-0.1, -0.05) is 0 Å². The molecular weight excluding hydrogens is 202 g/mol. The molecule has 84 valence electrons. The third-order valence-electron chi connectivity index (χ3n) is 2.64. The standard InChI is InChI=1S/C12H15N3O/c1-9-7-15(8-10(2)16-9)12-3-4-14-11(5-12)6-13/h3-5,9-10H,7-8H2,1-2H3/t9-,10+. The van der Waals surface area contributed by atoms with Crippen LogP contribution < -0.4 is 4.90 Å². The van der Waals surface area contributed by atoms with Gasteiger partial charge in [-0.25, -0.2) is 4.98 Å². The zero-order valence-corrected chi connectivity index (χ0v) is 9.55. The van der Waals surface area contributed by atoms with Crippen LogP contribution in [0.3, 0.4) is 0 Å². The number of anilines is 1. The zero-order valence-electron chi connectivity index (χ0n) is 9.55. The molecule has 0 aromatic carbocycles. The lowest BCUT2D eigenvalue weighted by Gasteiger charge is -2.36. The van der Waals surface area contributed by atoms with Crippen LogP contribution in [-0.2, 0) is 4.74 Å². The Hall–Kier alpha value is -1.60. The topological polar surface area (TPSA) is 49.2 Å². The average molecular weight is 217 g/mol. The molecule has 1 aromatic heterocycles. The van der Waals surface area contributed by atoms with Crippen LogP contribution in [-0.4, -0.2) is 30.3 Å². The molecule has 0 saturated carbocycles. The van der Waals surface area contributed by atoms with Crippen LogP contribution in [0.25, 0.3) is 0 Å². The summed E-state index contributed by atoms with van der Waals surface area (Å²) in [5.74, 6) is 0. The first-order valence-electron chi connectivity index (χ1n) is 5.45. The second kappa shape index (κ2) is 4.50. The van der Waals surface area contributed by atoms with Crippen molar-refractivity contribution >= 4 is 5.69 Å². The molecule has 2 rings (SSSR count). The average Bonchev–Trinajstić information content (AvgIpc) is 2.28. The molecule has 2 atom stereocenters. The number of hydrogen-bond acceptors (Lipinski definition) is 4. The molecule has 0 bridgehead atoms. The van der Waals surface area contributed by atoms with Crippen LogP contribution in [0.15, 0.2) is 18.3 Å². The summed E-state index contributed by atoms with van der Waals surface area (Å²) in [6.07, 6.45) is 2.13. The van der Waals surface area contributed by atoms with E-state index in [1.165, 1.54) is 0 Å². The van der Waals surface area contributed by atoms with Gasteiger partial charge in [-0.2, -0.15) is 5.26 Å². The van der Waals surface area contributed by atoms with Gasteiger partial charge in [0.2, 0.25) is 0 Å². The molecule has 0 radical (unpaired) electrons. The Morgan fingerprint density at radius 2 is 2.12 bits per heavy atom. The SMILES string of the molecule is C[C@@H]1CN(c2ccnc(C#N)c2)C[C@H](C)O1. The van der Waals surface area contributed by atoms with E-state index in [9.17, 15) is 0 Å². The largest absolute Gasteiger partial charge is 0.372 e. The van der Waals surface area contributed by atoms with Gasteiger partial charge in [0.05, 0.1) is 12.2 Å². The molecule has 1 aliphatic rings. The predicted octanol–water partition coefficient (Wildman–Crippen LogP) is 1.57. The van der Waals surface area contributed by atoms with Crippen molar-refractivity contribution in [3.63, 3.8) is 0 Å². The van der Waals surface area contributed by atoms with Gasteiger partial charge in [-0.15, -0.1) is 0 Å². The molecule has 1 fully saturated rings. The third kappa shape index (κ3) is 2.31. The maximum Gasteiger partial charge on any atom is 0.142 e. The highest BCUT2D eigenvalue weighted by Crippen LogP contribution is 2.20. The van der Waals surface area contributed by atoms with Crippen LogP contribution in [0.2, 0.25) is 0 Å². The van der Waals surface area contributed by atoms with E-state index in [0.29, 0.717) is 5.69 Å². The maximum atomic E-state index is 8.81. The molecule has 1 saturated heterocycles. The molecule has 4 nitrogen and oxygen atoms in total. The van der Waals surface area contributed by atoms with E-state index in [4.69, 9.17) is 10.00 Å². The minimum atomic E-state index is 0.224. The molecule has 2 heterocycles. The van der Waals surface area contributed by atoms with Crippen molar-refractivity contribution in [2.75, 3.05) is 18.0 Å². The zero-order chi connectivity index (χ0) is 11.5. The first kappa shape index (κ1) is 10.9. The highest BCUT2D eigenvalue weighted by atomic mass is 16.5. The van der Waals surface area contributed by atoms with Gasteiger partial charge >= 0.3 is 0 Å². The van der Waals surface area contributed by atoms with Crippen molar-refractivity contribution in [3.05, 3.63) is 24.0 Å². The van der Waals surface area contributed by atoms with Gasteiger partial charge in [0, 0.05) is 25.0 Å². The van der Waals surface area contributed by atoms with E-state index in [0.717, 1.165) is 18.8 Å². The van der Waals surface area contributed by atoms with Crippen molar-refractivity contribution in [1.82, 2.24) is 4.98 Å². The van der Waals surface area contributed by atoms with Gasteiger partial charge in [-0.05, 0) is 26.0 Å². The fourth-order valence-electron chi connectivity index (χ4n) is 2.07. The van der Waals surface area contributed by atoms with Gasteiger partial charge in [0.15, 0.2) is 0 Å². The molecule has 0 spiro atoms. The smallest absolute Gasteiger partial charge is 0.142 e. The molecule has 1 aromatic rings. The van der Waals surface area contributed by atoms with E-state index in [1.54, 1.807) is 6.20 Å². The molecule has 0 unspecified atom stereocenters. The second-order valence-electron chi connectivity index (χ2n) is 4.17. The van der Waals surface area contributed by atoms with Crippen molar-refractivity contribution in [3.8, 4) is 6.07 Å². The van der Waals surface area contributed by atoms with Crippen LogP contribution >= 0.6 is 0 Å². The highest BCUT2D eigenvalue weighted by Gasteiger charge is 2.22. The highest BCUT2D eigenvalue weighted by molar-refractivity contribution is 5.49.